The molecule has 0 spiro atoms. The lowest BCUT2D eigenvalue weighted by Crippen LogP contribution is -2.17. The van der Waals surface area contributed by atoms with Crippen LogP contribution in [0.1, 0.15) is 6.92 Å². The van der Waals surface area contributed by atoms with Gasteiger partial charge in [-0.2, -0.15) is 0 Å². The minimum Gasteiger partial charge on any atom is -0.770 e. The first-order valence-electron chi connectivity index (χ1n) is 3.01. The maximum atomic E-state index is 10.2. The van der Waals surface area contributed by atoms with Crippen molar-refractivity contribution in [3.63, 3.8) is 0 Å². The molecule has 0 aromatic heterocycles. The van der Waals surface area contributed by atoms with Crippen LogP contribution in [-0.4, -0.2) is 33.5 Å². The highest BCUT2D eigenvalue weighted by Crippen LogP contribution is 2.10. The predicted octanol–water partition coefficient (Wildman–Crippen LogP) is -0.373. The Labute approximate surface area is 61.8 Å². The van der Waals surface area contributed by atoms with Gasteiger partial charge in [-0.05, 0) is 18.0 Å². The minimum absolute atomic E-state index is 0.131. The van der Waals surface area contributed by atoms with Gasteiger partial charge in [0, 0.05) is 0 Å². The molecule has 0 saturated carbocycles. The summed E-state index contributed by atoms with van der Waals surface area (Å²) >= 11 is -2.13. The molecule has 1 rings (SSSR count). The van der Waals surface area contributed by atoms with E-state index in [4.69, 9.17) is 9.47 Å². The Hall–Kier alpha value is 0.0300. The van der Waals surface area contributed by atoms with Gasteiger partial charge >= 0.3 is 0 Å². The first-order chi connectivity index (χ1) is 4.70. The molecule has 4 nitrogen and oxygen atoms in total. The summed E-state index contributed by atoms with van der Waals surface area (Å²) in [5.41, 5.74) is -0.718. The largest absolute Gasteiger partial charge is 0.770 e. The molecule has 3 atom stereocenters. The summed E-state index contributed by atoms with van der Waals surface area (Å²) < 4.78 is 30.0. The van der Waals surface area contributed by atoms with E-state index in [2.05, 4.69) is 0 Å². The normalized spacial score (nSPS) is 29.6. The maximum absolute atomic E-state index is 10.2. The van der Waals surface area contributed by atoms with Gasteiger partial charge in [-0.25, -0.2) is 0 Å². The Balaban J connectivity index is 2.05. The summed E-state index contributed by atoms with van der Waals surface area (Å²) in [6, 6.07) is 0. The van der Waals surface area contributed by atoms with Gasteiger partial charge in [0.25, 0.3) is 0 Å². The lowest BCUT2D eigenvalue weighted by atomic mass is 10.5. The van der Waals surface area contributed by atoms with Gasteiger partial charge in [-0.15, -0.1) is 0 Å². The van der Waals surface area contributed by atoms with Crippen molar-refractivity contribution < 1.29 is 18.2 Å². The van der Waals surface area contributed by atoms with Crippen LogP contribution in [0.5, 0.6) is 0 Å². The molecule has 1 heterocycles. The second-order valence-corrected chi connectivity index (χ2v) is 3.30. The smallest absolute Gasteiger partial charge is 0.116 e. The van der Waals surface area contributed by atoms with Crippen molar-refractivity contribution in [1.82, 2.24) is 0 Å². The highest BCUT2D eigenvalue weighted by molar-refractivity contribution is 7.79. The quantitative estimate of drug-likeness (QED) is 0.421. The third kappa shape index (κ3) is 2.74. The Morgan fingerprint density at radius 2 is 2.60 bits per heavy atom. The van der Waals surface area contributed by atoms with Crippen LogP contribution in [-0.2, 0) is 20.6 Å². The fourth-order valence-electron chi connectivity index (χ4n) is 0.463. The van der Waals surface area contributed by atoms with Crippen molar-refractivity contribution in [3.05, 3.63) is 0 Å². The molecule has 60 valence electrons. The van der Waals surface area contributed by atoms with E-state index in [-0.39, 0.29) is 6.10 Å². The highest BCUT2D eigenvalue weighted by Gasteiger charge is 2.23. The lowest BCUT2D eigenvalue weighted by molar-refractivity contribution is 0.0992. The molecule has 0 aromatic rings. The fraction of sp³-hybridized carbons (Fsp3) is 1.00. The second kappa shape index (κ2) is 3.43. The molecular formula is C5H9O4S-. The molecule has 0 N–H and O–H groups in total. The van der Waals surface area contributed by atoms with Gasteiger partial charge in [0.1, 0.15) is 11.5 Å². The summed E-state index contributed by atoms with van der Waals surface area (Å²) in [4.78, 5) is 0. The molecule has 1 saturated heterocycles. The van der Waals surface area contributed by atoms with Crippen LogP contribution in [0.3, 0.4) is 0 Å². The average molecular weight is 165 g/mol. The van der Waals surface area contributed by atoms with Gasteiger partial charge < -0.3 is 14.0 Å². The zero-order valence-corrected chi connectivity index (χ0v) is 6.43. The van der Waals surface area contributed by atoms with Gasteiger partial charge in [-0.1, -0.05) is 0 Å². The summed E-state index contributed by atoms with van der Waals surface area (Å²) in [5.74, 6) is 0. The molecule has 1 aliphatic heterocycles. The molecule has 1 fully saturated rings. The van der Waals surface area contributed by atoms with Crippen LogP contribution in [0.15, 0.2) is 0 Å². The van der Waals surface area contributed by atoms with Crippen LogP contribution < -0.4 is 0 Å². The van der Waals surface area contributed by atoms with E-state index in [1.165, 1.54) is 6.92 Å². The maximum Gasteiger partial charge on any atom is 0.116 e. The van der Waals surface area contributed by atoms with Crippen molar-refractivity contribution in [2.75, 3.05) is 13.2 Å². The van der Waals surface area contributed by atoms with Gasteiger partial charge in [0.2, 0.25) is 0 Å². The van der Waals surface area contributed by atoms with Crippen molar-refractivity contribution in [1.29, 1.82) is 0 Å². The fourth-order valence-corrected chi connectivity index (χ4v) is 0.652. The van der Waals surface area contributed by atoms with Gasteiger partial charge in [0.15, 0.2) is 0 Å². The van der Waals surface area contributed by atoms with Gasteiger partial charge in [-0.3, -0.25) is 4.21 Å². The van der Waals surface area contributed by atoms with Crippen molar-refractivity contribution in [2.24, 2.45) is 0 Å². The Bertz CT molecular complexity index is 134. The Morgan fingerprint density at radius 1 is 2.00 bits per heavy atom. The first-order valence-corrected chi connectivity index (χ1v) is 4.15. The first kappa shape index (κ1) is 8.13. The molecule has 0 bridgehead atoms. The predicted molar refractivity (Wildman–Crippen MR) is 34.1 cm³/mol. The number of ether oxygens (including phenoxy) is 2. The second-order valence-electron chi connectivity index (χ2n) is 2.12. The van der Waals surface area contributed by atoms with E-state index < -0.39 is 16.5 Å². The van der Waals surface area contributed by atoms with E-state index in [0.717, 1.165) is 0 Å². The van der Waals surface area contributed by atoms with Crippen molar-refractivity contribution >= 4 is 11.1 Å². The number of hydrogen-bond donors (Lipinski definition) is 0. The van der Waals surface area contributed by atoms with Gasteiger partial charge in [0.05, 0.1) is 13.2 Å². The van der Waals surface area contributed by atoms with E-state index in [0.29, 0.717) is 13.2 Å². The van der Waals surface area contributed by atoms with E-state index in [1.807, 2.05) is 0 Å². The third-order valence-corrected chi connectivity index (χ3v) is 1.87. The number of rotatable bonds is 4. The molecule has 0 aromatic carbocycles. The SMILES string of the molecule is CC(OCC1CO1)S(=O)[O-]. The molecule has 3 unspecified atom stereocenters. The zero-order chi connectivity index (χ0) is 7.56. The van der Waals surface area contributed by atoms with Crippen molar-refractivity contribution in [3.8, 4) is 0 Å². The molecule has 0 amide bonds. The van der Waals surface area contributed by atoms with E-state index >= 15 is 0 Å². The highest BCUT2D eigenvalue weighted by atomic mass is 32.2. The number of epoxide rings is 1. The molecule has 0 radical (unpaired) electrons. The Kier molecular flexibility index (Phi) is 2.79. The third-order valence-electron chi connectivity index (χ3n) is 1.19. The number of hydrogen-bond acceptors (Lipinski definition) is 4. The summed E-state index contributed by atoms with van der Waals surface area (Å²) in [6.45, 7) is 2.57. The Morgan fingerprint density at radius 3 is 3.00 bits per heavy atom. The molecule has 1 aliphatic rings. The summed E-state index contributed by atoms with van der Waals surface area (Å²) in [6.07, 6.45) is 0.131. The molecule has 5 heteroatoms. The monoisotopic (exact) mass is 165 g/mol. The topological polar surface area (TPSA) is 61.9 Å². The van der Waals surface area contributed by atoms with Crippen LogP contribution in [0, 0.1) is 0 Å². The summed E-state index contributed by atoms with van der Waals surface area (Å²) in [5, 5.41) is 0. The average Bonchev–Trinajstić information content (AvgIpc) is 2.64. The van der Waals surface area contributed by atoms with Crippen LogP contribution in [0.4, 0.5) is 0 Å². The van der Waals surface area contributed by atoms with E-state index in [9.17, 15) is 8.76 Å². The van der Waals surface area contributed by atoms with Crippen LogP contribution in [0.25, 0.3) is 0 Å². The minimum atomic E-state index is -2.13. The van der Waals surface area contributed by atoms with E-state index in [1.54, 1.807) is 0 Å². The molecule has 10 heavy (non-hydrogen) atoms. The summed E-state index contributed by atoms with van der Waals surface area (Å²) in [7, 11) is 0. The van der Waals surface area contributed by atoms with Crippen LogP contribution in [0.2, 0.25) is 0 Å². The zero-order valence-electron chi connectivity index (χ0n) is 5.61. The van der Waals surface area contributed by atoms with Crippen molar-refractivity contribution in [2.45, 2.75) is 18.5 Å². The molecular weight excluding hydrogens is 156 g/mol. The standard InChI is InChI=1S/C5H10O4S/c1-4(10(6)7)8-2-5-3-9-5/h4-5H,2-3H2,1H3,(H,6,7)/p-1. The lowest BCUT2D eigenvalue weighted by Gasteiger charge is -2.14. The van der Waals surface area contributed by atoms with Crippen LogP contribution >= 0.6 is 0 Å². The molecule has 0 aliphatic carbocycles.